The summed E-state index contributed by atoms with van der Waals surface area (Å²) in [6, 6.07) is 12.8. The lowest BCUT2D eigenvalue weighted by molar-refractivity contribution is 0.414. The van der Waals surface area contributed by atoms with Crippen LogP contribution >= 0.6 is 35.3 Å². The number of methoxy groups -OCH3 is 1. The van der Waals surface area contributed by atoms with Gasteiger partial charge in [0.2, 0.25) is 0 Å². The first-order chi connectivity index (χ1) is 12.5. The van der Waals surface area contributed by atoms with Crippen LogP contribution in [0, 0.1) is 0 Å². The summed E-state index contributed by atoms with van der Waals surface area (Å²) in [5.41, 5.74) is 1.47. The summed E-state index contributed by atoms with van der Waals surface area (Å²) in [6.45, 7) is 7.48. The van der Waals surface area contributed by atoms with E-state index in [-0.39, 0.29) is 29.4 Å². The van der Waals surface area contributed by atoms with Crippen molar-refractivity contribution in [1.29, 1.82) is 0 Å². The quantitative estimate of drug-likeness (QED) is 0.368. The van der Waals surface area contributed by atoms with Gasteiger partial charge in [0.15, 0.2) is 5.96 Å². The molecule has 1 aromatic heterocycles. The Balaban J connectivity index is 0.00000261. The van der Waals surface area contributed by atoms with E-state index in [9.17, 15) is 0 Å². The van der Waals surface area contributed by atoms with Crippen molar-refractivity contribution in [3.63, 3.8) is 0 Å². The number of nitrogens with zero attached hydrogens (tertiary/aromatic N) is 2. The normalized spacial score (nSPS) is 17.6. The van der Waals surface area contributed by atoms with Crippen LogP contribution in [0.2, 0.25) is 0 Å². The van der Waals surface area contributed by atoms with Gasteiger partial charge in [0, 0.05) is 42.9 Å². The van der Waals surface area contributed by atoms with Gasteiger partial charge in [-0.05, 0) is 35.6 Å². The predicted molar refractivity (Wildman–Crippen MR) is 126 cm³/mol. The minimum absolute atomic E-state index is 0. The van der Waals surface area contributed by atoms with Crippen LogP contribution in [0.15, 0.2) is 46.8 Å². The maximum absolute atomic E-state index is 5.26. The van der Waals surface area contributed by atoms with E-state index in [4.69, 9.17) is 4.74 Å². The summed E-state index contributed by atoms with van der Waals surface area (Å²) in [5.74, 6) is 2.47. The Labute approximate surface area is 184 Å². The van der Waals surface area contributed by atoms with Crippen LogP contribution in [0.1, 0.15) is 36.6 Å². The van der Waals surface area contributed by atoms with Crippen molar-refractivity contribution < 1.29 is 4.74 Å². The van der Waals surface area contributed by atoms with Crippen LogP contribution in [0.5, 0.6) is 5.75 Å². The van der Waals surface area contributed by atoms with Crippen LogP contribution in [0.3, 0.4) is 0 Å². The maximum Gasteiger partial charge on any atom is 0.193 e. The smallest absolute Gasteiger partial charge is 0.193 e. The van der Waals surface area contributed by atoms with Gasteiger partial charge >= 0.3 is 0 Å². The third-order valence-electron chi connectivity index (χ3n) is 5.16. The molecule has 0 bridgehead atoms. The van der Waals surface area contributed by atoms with Crippen LogP contribution in [-0.4, -0.2) is 44.7 Å². The maximum atomic E-state index is 5.26. The average molecular weight is 499 g/mol. The number of guanidine groups is 1. The minimum atomic E-state index is 0. The molecule has 1 fully saturated rings. The van der Waals surface area contributed by atoms with Crippen molar-refractivity contribution in [3.05, 3.63) is 52.2 Å². The molecule has 0 aliphatic carbocycles. The number of benzene rings is 1. The summed E-state index contributed by atoms with van der Waals surface area (Å²) < 4.78 is 5.26. The molecule has 6 heteroatoms. The SMILES string of the molecule is CN=C(NCC(C)(C)c1cccs1)N1CCC(c2ccc(OC)cc2)C1.I. The number of hydrogen-bond acceptors (Lipinski definition) is 3. The van der Waals surface area contributed by atoms with Crippen molar-refractivity contribution in [2.45, 2.75) is 31.6 Å². The van der Waals surface area contributed by atoms with E-state index in [2.05, 4.69) is 70.8 Å². The summed E-state index contributed by atoms with van der Waals surface area (Å²) in [6.07, 6.45) is 1.15. The molecule has 1 saturated heterocycles. The molecule has 1 unspecified atom stereocenters. The number of ether oxygens (including phenoxy) is 1. The first kappa shape index (κ1) is 22.0. The Kier molecular flexibility index (Phi) is 7.97. The molecule has 3 rings (SSSR count). The van der Waals surface area contributed by atoms with Crippen LogP contribution in [0.25, 0.3) is 0 Å². The van der Waals surface area contributed by atoms with Gasteiger partial charge in [0.05, 0.1) is 7.11 Å². The van der Waals surface area contributed by atoms with Crippen LogP contribution in [0.4, 0.5) is 0 Å². The minimum Gasteiger partial charge on any atom is -0.497 e. The first-order valence-electron chi connectivity index (χ1n) is 9.17. The monoisotopic (exact) mass is 499 g/mol. The molecule has 0 radical (unpaired) electrons. The molecular weight excluding hydrogens is 469 g/mol. The van der Waals surface area contributed by atoms with Crippen molar-refractivity contribution >= 4 is 41.3 Å². The Hall–Kier alpha value is -1.28. The van der Waals surface area contributed by atoms with Crippen LogP contribution < -0.4 is 10.1 Å². The average Bonchev–Trinajstić information content (AvgIpc) is 3.35. The standard InChI is InChI=1S/C21H29N3OS.HI/c1-21(2,19-6-5-13-26-19)15-23-20(22-3)24-12-11-17(14-24)16-7-9-18(25-4)10-8-16;/h5-10,13,17H,11-12,14-15H2,1-4H3,(H,22,23);1H. The number of rotatable bonds is 5. The molecule has 0 saturated carbocycles. The van der Waals surface area contributed by atoms with Gasteiger partial charge in [-0.2, -0.15) is 0 Å². The molecule has 148 valence electrons. The third-order valence-corrected chi connectivity index (χ3v) is 6.40. The molecule has 1 aliphatic heterocycles. The first-order valence-corrected chi connectivity index (χ1v) is 10.0. The summed E-state index contributed by atoms with van der Waals surface area (Å²) in [4.78, 5) is 8.30. The topological polar surface area (TPSA) is 36.9 Å². The number of likely N-dealkylation sites (tertiary alicyclic amines) is 1. The summed E-state index contributed by atoms with van der Waals surface area (Å²) in [7, 11) is 3.58. The number of halogens is 1. The molecule has 4 nitrogen and oxygen atoms in total. The highest BCUT2D eigenvalue weighted by Gasteiger charge is 2.28. The molecule has 1 N–H and O–H groups in total. The Morgan fingerprint density at radius 3 is 2.63 bits per heavy atom. The fourth-order valence-corrected chi connectivity index (χ4v) is 4.34. The largest absolute Gasteiger partial charge is 0.497 e. The summed E-state index contributed by atoms with van der Waals surface area (Å²) in [5, 5.41) is 5.74. The second-order valence-corrected chi connectivity index (χ2v) is 8.41. The highest BCUT2D eigenvalue weighted by molar-refractivity contribution is 14.0. The zero-order valence-electron chi connectivity index (χ0n) is 16.6. The van der Waals surface area contributed by atoms with Gasteiger partial charge in [-0.15, -0.1) is 35.3 Å². The van der Waals surface area contributed by atoms with E-state index in [1.165, 1.54) is 10.4 Å². The van der Waals surface area contributed by atoms with E-state index >= 15 is 0 Å². The van der Waals surface area contributed by atoms with Crippen molar-refractivity contribution in [2.75, 3.05) is 33.8 Å². The zero-order valence-corrected chi connectivity index (χ0v) is 19.7. The molecule has 1 atom stereocenters. The molecule has 27 heavy (non-hydrogen) atoms. The van der Waals surface area contributed by atoms with E-state index in [0.29, 0.717) is 5.92 Å². The Morgan fingerprint density at radius 1 is 1.30 bits per heavy atom. The second-order valence-electron chi connectivity index (χ2n) is 7.47. The van der Waals surface area contributed by atoms with Gasteiger partial charge < -0.3 is 15.0 Å². The lowest BCUT2D eigenvalue weighted by atomic mass is 9.91. The fourth-order valence-electron chi connectivity index (χ4n) is 3.48. The van der Waals surface area contributed by atoms with Crippen molar-refractivity contribution in [2.24, 2.45) is 4.99 Å². The lowest BCUT2D eigenvalue weighted by Crippen LogP contribution is -2.44. The van der Waals surface area contributed by atoms with Gasteiger partial charge in [0.25, 0.3) is 0 Å². The Morgan fingerprint density at radius 2 is 2.04 bits per heavy atom. The highest BCUT2D eigenvalue weighted by Crippen LogP contribution is 2.29. The number of aliphatic imine (C=N–C) groups is 1. The fraction of sp³-hybridized carbons (Fsp3) is 0.476. The Bertz CT molecular complexity index is 728. The summed E-state index contributed by atoms with van der Waals surface area (Å²) >= 11 is 1.82. The molecule has 1 aromatic carbocycles. The molecular formula is C21H30IN3OS. The van der Waals surface area contributed by atoms with Gasteiger partial charge in [-0.3, -0.25) is 4.99 Å². The van der Waals surface area contributed by atoms with E-state index in [1.807, 2.05) is 18.4 Å². The number of thiophene rings is 1. The molecule has 0 spiro atoms. The predicted octanol–water partition coefficient (Wildman–Crippen LogP) is 4.72. The van der Waals surface area contributed by atoms with Crippen LogP contribution in [-0.2, 0) is 5.41 Å². The van der Waals surface area contributed by atoms with Gasteiger partial charge in [0.1, 0.15) is 5.75 Å². The van der Waals surface area contributed by atoms with E-state index in [0.717, 1.165) is 37.8 Å². The van der Waals surface area contributed by atoms with Crippen molar-refractivity contribution in [1.82, 2.24) is 10.2 Å². The third kappa shape index (κ3) is 5.38. The molecule has 2 heterocycles. The van der Waals surface area contributed by atoms with Crippen molar-refractivity contribution in [3.8, 4) is 5.75 Å². The second kappa shape index (κ2) is 9.78. The molecule has 0 amide bonds. The molecule has 2 aromatic rings. The van der Waals surface area contributed by atoms with Gasteiger partial charge in [-0.25, -0.2) is 0 Å². The van der Waals surface area contributed by atoms with E-state index in [1.54, 1.807) is 7.11 Å². The van der Waals surface area contributed by atoms with Gasteiger partial charge in [-0.1, -0.05) is 32.0 Å². The number of nitrogens with one attached hydrogen (secondary N) is 1. The zero-order chi connectivity index (χ0) is 18.6. The highest BCUT2D eigenvalue weighted by atomic mass is 127. The number of hydrogen-bond donors (Lipinski definition) is 1. The lowest BCUT2D eigenvalue weighted by Gasteiger charge is -2.28. The van der Waals surface area contributed by atoms with E-state index < -0.39 is 0 Å². The molecule has 1 aliphatic rings.